The molecule has 1 aromatic heterocycles. The maximum atomic E-state index is 13.2. The molecule has 25 heavy (non-hydrogen) atoms. The van der Waals surface area contributed by atoms with E-state index in [0.29, 0.717) is 32.5 Å². The number of nitrogens with zero attached hydrogens (tertiary/aromatic N) is 2. The summed E-state index contributed by atoms with van der Waals surface area (Å²) in [6, 6.07) is 22.0. The van der Waals surface area contributed by atoms with Gasteiger partial charge < -0.3 is 0 Å². The number of benzene rings is 3. The Bertz CT molecular complexity index is 1140. The van der Waals surface area contributed by atoms with Crippen LogP contribution in [0.5, 0.6) is 0 Å². The van der Waals surface area contributed by atoms with Crippen LogP contribution < -0.4 is 5.56 Å². The summed E-state index contributed by atoms with van der Waals surface area (Å²) in [5, 5.41) is 1.37. The summed E-state index contributed by atoms with van der Waals surface area (Å²) >= 11 is 12.2. The van der Waals surface area contributed by atoms with E-state index in [9.17, 15) is 4.79 Å². The van der Waals surface area contributed by atoms with Crippen molar-refractivity contribution in [2.45, 2.75) is 0 Å². The molecule has 0 fully saturated rings. The van der Waals surface area contributed by atoms with E-state index >= 15 is 0 Å². The molecule has 0 amide bonds. The molecule has 0 spiro atoms. The molecule has 0 atom stereocenters. The Morgan fingerprint density at radius 2 is 1.52 bits per heavy atom. The molecule has 0 unspecified atom stereocenters. The average molecular weight is 367 g/mol. The lowest BCUT2D eigenvalue weighted by atomic mass is 10.1. The molecule has 0 bridgehead atoms. The van der Waals surface area contributed by atoms with Gasteiger partial charge in [0.1, 0.15) is 5.82 Å². The van der Waals surface area contributed by atoms with Crippen LogP contribution in [0.15, 0.2) is 77.6 Å². The summed E-state index contributed by atoms with van der Waals surface area (Å²) in [5.41, 5.74) is 1.97. The first kappa shape index (κ1) is 15.9. The Hall–Kier alpha value is -2.62. The predicted octanol–water partition coefficient (Wildman–Crippen LogP) is 5.36. The molecule has 3 aromatic carbocycles. The number of hydrogen-bond acceptors (Lipinski definition) is 2. The Morgan fingerprint density at radius 1 is 0.800 bits per heavy atom. The van der Waals surface area contributed by atoms with Crippen molar-refractivity contribution >= 4 is 34.1 Å². The minimum absolute atomic E-state index is 0.150. The van der Waals surface area contributed by atoms with Crippen molar-refractivity contribution in [2.75, 3.05) is 0 Å². The van der Waals surface area contributed by atoms with Crippen molar-refractivity contribution in [2.24, 2.45) is 0 Å². The molecule has 0 aliphatic heterocycles. The molecule has 0 saturated carbocycles. The number of fused-ring (bicyclic) bond motifs is 1. The van der Waals surface area contributed by atoms with E-state index in [1.807, 2.05) is 48.5 Å². The number of rotatable bonds is 2. The van der Waals surface area contributed by atoms with Crippen LogP contribution in [0.2, 0.25) is 10.0 Å². The highest BCUT2D eigenvalue weighted by atomic mass is 35.5. The van der Waals surface area contributed by atoms with Gasteiger partial charge >= 0.3 is 0 Å². The van der Waals surface area contributed by atoms with Crippen LogP contribution in [-0.4, -0.2) is 9.55 Å². The van der Waals surface area contributed by atoms with Crippen LogP contribution in [0.4, 0.5) is 0 Å². The Labute approximate surface area is 154 Å². The van der Waals surface area contributed by atoms with Crippen LogP contribution in [0.3, 0.4) is 0 Å². The van der Waals surface area contributed by atoms with Crippen molar-refractivity contribution in [1.29, 1.82) is 0 Å². The minimum Gasteiger partial charge on any atom is -0.268 e. The van der Waals surface area contributed by atoms with Gasteiger partial charge in [-0.25, -0.2) is 4.98 Å². The summed E-state index contributed by atoms with van der Waals surface area (Å²) < 4.78 is 1.57. The molecular weight excluding hydrogens is 355 g/mol. The van der Waals surface area contributed by atoms with E-state index in [1.54, 1.807) is 28.8 Å². The van der Waals surface area contributed by atoms with E-state index < -0.39 is 0 Å². The van der Waals surface area contributed by atoms with Gasteiger partial charge in [-0.3, -0.25) is 9.36 Å². The van der Waals surface area contributed by atoms with E-state index in [-0.39, 0.29) is 5.56 Å². The number of halogens is 2. The van der Waals surface area contributed by atoms with Crippen LogP contribution in [0.1, 0.15) is 0 Å². The van der Waals surface area contributed by atoms with E-state index in [0.717, 1.165) is 5.56 Å². The fourth-order valence-corrected chi connectivity index (χ4v) is 3.07. The van der Waals surface area contributed by atoms with Gasteiger partial charge in [0.25, 0.3) is 5.56 Å². The van der Waals surface area contributed by atoms with Crippen LogP contribution in [0, 0.1) is 0 Å². The normalized spacial score (nSPS) is 11.0. The first-order chi connectivity index (χ1) is 12.1. The highest BCUT2D eigenvalue weighted by Gasteiger charge is 2.15. The highest BCUT2D eigenvalue weighted by Crippen LogP contribution is 2.27. The zero-order valence-electron chi connectivity index (χ0n) is 13.0. The lowest BCUT2D eigenvalue weighted by Crippen LogP contribution is -2.22. The Balaban J connectivity index is 2.12. The number of para-hydroxylation sites is 1. The molecule has 1 heterocycles. The Morgan fingerprint density at radius 3 is 2.28 bits per heavy atom. The van der Waals surface area contributed by atoms with Crippen molar-refractivity contribution in [3.05, 3.63) is 93.2 Å². The third kappa shape index (κ3) is 2.82. The monoisotopic (exact) mass is 366 g/mol. The van der Waals surface area contributed by atoms with Gasteiger partial charge in [-0.1, -0.05) is 65.7 Å². The third-order valence-corrected chi connectivity index (χ3v) is 4.71. The van der Waals surface area contributed by atoms with E-state index in [2.05, 4.69) is 0 Å². The molecule has 0 aliphatic carbocycles. The van der Waals surface area contributed by atoms with Crippen molar-refractivity contribution in [3.63, 3.8) is 0 Å². The summed E-state index contributed by atoms with van der Waals surface area (Å²) in [5.74, 6) is 0.558. The maximum Gasteiger partial charge on any atom is 0.266 e. The van der Waals surface area contributed by atoms with Crippen molar-refractivity contribution in [1.82, 2.24) is 9.55 Å². The summed E-state index contributed by atoms with van der Waals surface area (Å²) in [6.45, 7) is 0. The predicted molar refractivity (Wildman–Crippen MR) is 103 cm³/mol. The molecule has 0 N–H and O–H groups in total. The third-order valence-electron chi connectivity index (χ3n) is 3.97. The molecule has 3 nitrogen and oxygen atoms in total. The van der Waals surface area contributed by atoms with Gasteiger partial charge in [-0.05, 0) is 30.3 Å². The highest BCUT2D eigenvalue weighted by molar-refractivity contribution is 6.42. The molecule has 4 rings (SSSR count). The topological polar surface area (TPSA) is 34.9 Å². The van der Waals surface area contributed by atoms with Crippen LogP contribution >= 0.6 is 23.2 Å². The average Bonchev–Trinajstić information content (AvgIpc) is 2.65. The quantitative estimate of drug-likeness (QED) is 0.478. The van der Waals surface area contributed by atoms with E-state index in [4.69, 9.17) is 28.2 Å². The molecule has 4 aromatic rings. The van der Waals surface area contributed by atoms with Gasteiger partial charge in [-0.2, -0.15) is 0 Å². The number of aromatic nitrogens is 2. The van der Waals surface area contributed by atoms with Crippen molar-refractivity contribution in [3.8, 4) is 17.1 Å². The second-order valence-electron chi connectivity index (χ2n) is 5.56. The van der Waals surface area contributed by atoms with Crippen LogP contribution in [0.25, 0.3) is 28.0 Å². The minimum atomic E-state index is -0.150. The van der Waals surface area contributed by atoms with Gasteiger partial charge in [0, 0.05) is 5.56 Å². The number of hydrogen-bond donors (Lipinski definition) is 0. The summed E-state index contributed by atoms with van der Waals surface area (Å²) in [7, 11) is 0. The van der Waals surface area contributed by atoms with E-state index in [1.165, 1.54) is 0 Å². The fraction of sp³-hybridized carbons (Fsp3) is 0. The first-order valence-electron chi connectivity index (χ1n) is 7.68. The molecule has 0 saturated heterocycles. The lowest BCUT2D eigenvalue weighted by Gasteiger charge is -2.14. The fourth-order valence-electron chi connectivity index (χ4n) is 2.78. The van der Waals surface area contributed by atoms with Crippen molar-refractivity contribution < 1.29 is 0 Å². The van der Waals surface area contributed by atoms with Crippen LogP contribution in [-0.2, 0) is 0 Å². The largest absolute Gasteiger partial charge is 0.268 e. The SMILES string of the molecule is O=c1c2ccccc2nc(-c2ccccc2)n1-c1ccc(Cl)c(Cl)c1. The Kier molecular flexibility index (Phi) is 4.04. The maximum absolute atomic E-state index is 13.2. The zero-order chi connectivity index (χ0) is 17.4. The first-order valence-corrected chi connectivity index (χ1v) is 8.43. The summed E-state index contributed by atoms with van der Waals surface area (Å²) in [6.07, 6.45) is 0. The second kappa shape index (κ2) is 6.36. The van der Waals surface area contributed by atoms with Gasteiger partial charge in [0.15, 0.2) is 0 Å². The zero-order valence-corrected chi connectivity index (χ0v) is 14.5. The van der Waals surface area contributed by atoms with Gasteiger partial charge in [0.2, 0.25) is 0 Å². The molecule has 5 heteroatoms. The van der Waals surface area contributed by atoms with Gasteiger partial charge in [0.05, 0.1) is 26.6 Å². The summed E-state index contributed by atoms with van der Waals surface area (Å²) in [4.78, 5) is 17.9. The molecule has 0 radical (unpaired) electrons. The standard InChI is InChI=1S/C20H12Cl2N2O/c21-16-11-10-14(12-17(16)22)24-19(13-6-2-1-3-7-13)23-18-9-5-4-8-15(18)20(24)25/h1-12H. The second-order valence-corrected chi connectivity index (χ2v) is 6.37. The molecule has 0 aliphatic rings. The van der Waals surface area contributed by atoms with Gasteiger partial charge in [-0.15, -0.1) is 0 Å². The molecule has 122 valence electrons. The smallest absolute Gasteiger partial charge is 0.266 e. The molecular formula is C20H12Cl2N2O. The lowest BCUT2D eigenvalue weighted by molar-refractivity contribution is 0.976.